The van der Waals surface area contributed by atoms with Gasteiger partial charge in [-0.05, 0) is 0 Å². The Morgan fingerprint density at radius 1 is 1.48 bits per heavy atom. The van der Waals surface area contributed by atoms with E-state index in [-0.39, 0.29) is 18.2 Å². The Morgan fingerprint density at radius 3 is 2.91 bits per heavy atom. The third-order valence-electron chi connectivity index (χ3n) is 3.38. The first-order valence-electron chi connectivity index (χ1n) is 6.50. The highest BCUT2D eigenvalue weighted by molar-refractivity contribution is 7.43. The fourth-order valence-corrected chi connectivity index (χ4v) is 2.70. The second-order valence-corrected chi connectivity index (χ2v) is 6.12. The summed E-state index contributed by atoms with van der Waals surface area (Å²) in [7, 11) is -5.14. The van der Waals surface area contributed by atoms with E-state index in [1.807, 2.05) is 0 Å². The summed E-state index contributed by atoms with van der Waals surface area (Å²) in [6.07, 6.45) is -1.20. The van der Waals surface area contributed by atoms with Crippen molar-refractivity contribution >= 4 is 30.8 Å². The van der Waals surface area contributed by atoms with Gasteiger partial charge in [-0.3, -0.25) is 4.57 Å². The molecular weight excluding hydrogens is 331 g/mol. The van der Waals surface area contributed by atoms with Crippen molar-refractivity contribution in [3.8, 4) is 0 Å². The first kappa shape index (κ1) is 16.1. The molecule has 2 aromatic heterocycles. The van der Waals surface area contributed by atoms with Gasteiger partial charge in [0.1, 0.15) is 17.8 Å². The van der Waals surface area contributed by atoms with E-state index in [1.165, 1.54) is 10.9 Å². The Morgan fingerprint density at radius 2 is 2.22 bits per heavy atom. The number of rotatable bonds is 4. The number of nitrogens with zero attached hydrogens (tertiary/aromatic N) is 4. The lowest BCUT2D eigenvalue weighted by Crippen LogP contribution is -2.29. The van der Waals surface area contributed by atoms with Gasteiger partial charge in [-0.25, -0.2) is 4.98 Å². The van der Waals surface area contributed by atoms with Gasteiger partial charge in [0.05, 0.1) is 26.9 Å². The van der Waals surface area contributed by atoms with Crippen LogP contribution in [-0.2, 0) is 13.8 Å². The van der Waals surface area contributed by atoms with Crippen molar-refractivity contribution in [1.29, 1.82) is 0 Å². The molecule has 1 aliphatic heterocycles. The van der Waals surface area contributed by atoms with E-state index in [1.54, 1.807) is 0 Å². The summed E-state index contributed by atoms with van der Waals surface area (Å²) in [6, 6.07) is 0. The Balaban J connectivity index is 1.82. The second kappa shape index (κ2) is 5.67. The molecule has 13 heteroatoms. The molecule has 3 rings (SSSR count). The predicted molar refractivity (Wildman–Crippen MR) is 72.2 cm³/mol. The van der Waals surface area contributed by atoms with Crippen molar-refractivity contribution < 1.29 is 28.7 Å². The summed E-state index contributed by atoms with van der Waals surface area (Å²) in [4.78, 5) is 32.9. The molecule has 5 N–H and O–H groups in total. The number of nitrogen functional groups attached to an aromatic ring is 2. The van der Waals surface area contributed by atoms with Crippen LogP contribution in [0.25, 0.3) is 11.2 Å². The van der Waals surface area contributed by atoms with Gasteiger partial charge >= 0.3 is 0 Å². The van der Waals surface area contributed by atoms with Gasteiger partial charge in [0.2, 0.25) is 5.95 Å². The quantitative estimate of drug-likeness (QED) is 0.495. The average molecular weight is 344 g/mol. The average Bonchev–Trinajstić information content (AvgIpc) is 2.99. The fourth-order valence-electron chi connectivity index (χ4n) is 2.37. The van der Waals surface area contributed by atoms with Gasteiger partial charge in [-0.15, -0.1) is 0 Å². The van der Waals surface area contributed by atoms with Crippen LogP contribution in [0.2, 0.25) is 0 Å². The maximum atomic E-state index is 10.5. The van der Waals surface area contributed by atoms with Crippen molar-refractivity contribution in [2.75, 3.05) is 18.1 Å². The zero-order chi connectivity index (χ0) is 16.8. The zero-order valence-corrected chi connectivity index (χ0v) is 12.5. The zero-order valence-electron chi connectivity index (χ0n) is 11.6. The van der Waals surface area contributed by atoms with E-state index in [0.717, 1.165) is 0 Å². The van der Waals surface area contributed by atoms with Crippen LogP contribution in [0.1, 0.15) is 12.6 Å². The summed E-state index contributed by atoms with van der Waals surface area (Å²) in [5, 5.41) is 9.92. The standard InChI is InChI=1S/C10H15N6O6P/c11-8-7-9(15-10(12)14-8)16(3-13-7)6-1-4(17)5(22-6)2-21-23(18,19)20/h3-6,17H,1-2H2,(H2,18,19,20)(H4,11,12,14,15)/p-2/t4-,5+,6+/m0/s1. The number of aromatic nitrogens is 4. The summed E-state index contributed by atoms with van der Waals surface area (Å²) in [5.74, 6) is 0.0529. The van der Waals surface area contributed by atoms with E-state index in [9.17, 15) is 19.5 Å². The molecule has 3 heterocycles. The summed E-state index contributed by atoms with van der Waals surface area (Å²) in [5.41, 5.74) is 11.9. The van der Waals surface area contributed by atoms with Crippen LogP contribution in [0.15, 0.2) is 6.33 Å². The minimum Gasteiger partial charge on any atom is -0.790 e. The molecule has 1 aliphatic rings. The van der Waals surface area contributed by atoms with E-state index < -0.39 is 32.9 Å². The molecule has 0 aromatic carbocycles. The topological polar surface area (TPSA) is 198 Å². The monoisotopic (exact) mass is 344 g/mol. The number of phosphoric ester groups is 1. The first-order chi connectivity index (χ1) is 10.7. The minimum absolute atomic E-state index is 0.0474. The normalized spacial score (nSPS) is 25.3. The van der Waals surface area contributed by atoms with Crippen LogP contribution in [0, 0.1) is 0 Å². The minimum atomic E-state index is -5.14. The Labute approximate surface area is 129 Å². The Kier molecular flexibility index (Phi) is 3.96. The van der Waals surface area contributed by atoms with Gasteiger partial charge in [0.15, 0.2) is 11.5 Å². The highest BCUT2D eigenvalue weighted by atomic mass is 31.2. The second-order valence-electron chi connectivity index (χ2n) is 4.97. The Hall–Kier alpha value is -1.82. The molecule has 126 valence electrons. The first-order valence-corrected chi connectivity index (χ1v) is 7.96. The summed E-state index contributed by atoms with van der Waals surface area (Å²) in [6.45, 7) is -0.576. The number of hydrogen-bond acceptors (Lipinski definition) is 11. The van der Waals surface area contributed by atoms with E-state index in [2.05, 4.69) is 19.5 Å². The van der Waals surface area contributed by atoms with Crippen molar-refractivity contribution in [2.45, 2.75) is 24.9 Å². The molecule has 23 heavy (non-hydrogen) atoms. The number of phosphoric acid groups is 1. The van der Waals surface area contributed by atoms with E-state index in [0.29, 0.717) is 11.2 Å². The molecule has 0 saturated carbocycles. The van der Waals surface area contributed by atoms with Gasteiger partial charge < -0.3 is 40.2 Å². The predicted octanol–water partition coefficient (Wildman–Crippen LogP) is -2.52. The SMILES string of the molecule is Nc1nc(N)c2ncn([C@H]3C[C@H](O)[C@@H](COP(=O)([O-])[O-])O3)c2n1. The molecule has 2 aromatic rings. The number of aliphatic hydroxyl groups excluding tert-OH is 1. The molecule has 0 amide bonds. The third kappa shape index (κ3) is 3.27. The smallest absolute Gasteiger partial charge is 0.224 e. The maximum Gasteiger partial charge on any atom is 0.224 e. The highest BCUT2D eigenvalue weighted by Crippen LogP contribution is 2.34. The number of hydrogen-bond donors (Lipinski definition) is 3. The molecule has 0 spiro atoms. The van der Waals surface area contributed by atoms with E-state index >= 15 is 0 Å². The third-order valence-corrected chi connectivity index (χ3v) is 3.84. The lowest BCUT2D eigenvalue weighted by Gasteiger charge is -2.30. The fraction of sp³-hybridized carbons (Fsp3) is 0.500. The van der Waals surface area contributed by atoms with Crippen LogP contribution in [-0.4, -0.2) is 43.4 Å². The number of fused-ring (bicyclic) bond motifs is 1. The molecular formula is C10H13N6O6P-2. The number of imidazole rings is 1. The van der Waals surface area contributed by atoms with Crippen molar-refractivity contribution in [2.24, 2.45) is 0 Å². The van der Waals surface area contributed by atoms with Crippen LogP contribution < -0.4 is 21.3 Å². The van der Waals surface area contributed by atoms with Gasteiger partial charge in [0, 0.05) is 6.42 Å². The van der Waals surface area contributed by atoms with Crippen molar-refractivity contribution in [1.82, 2.24) is 19.5 Å². The molecule has 1 fully saturated rings. The largest absolute Gasteiger partial charge is 0.790 e. The Bertz CT molecular complexity index is 777. The van der Waals surface area contributed by atoms with Crippen LogP contribution in [0.5, 0.6) is 0 Å². The summed E-state index contributed by atoms with van der Waals surface area (Å²) < 4.78 is 21.6. The van der Waals surface area contributed by atoms with E-state index in [4.69, 9.17) is 16.2 Å². The van der Waals surface area contributed by atoms with Crippen molar-refractivity contribution in [3.63, 3.8) is 0 Å². The number of anilines is 2. The molecule has 0 aliphatic carbocycles. The molecule has 1 saturated heterocycles. The molecule has 0 radical (unpaired) electrons. The summed E-state index contributed by atoms with van der Waals surface area (Å²) >= 11 is 0. The maximum absolute atomic E-state index is 10.5. The number of nitrogens with two attached hydrogens (primary N) is 2. The van der Waals surface area contributed by atoms with Crippen LogP contribution >= 0.6 is 7.82 Å². The van der Waals surface area contributed by atoms with Gasteiger partial charge in [-0.1, -0.05) is 0 Å². The van der Waals surface area contributed by atoms with Gasteiger partial charge in [0.25, 0.3) is 0 Å². The molecule has 12 nitrogen and oxygen atoms in total. The lowest BCUT2D eigenvalue weighted by molar-refractivity contribution is -0.343. The lowest BCUT2D eigenvalue weighted by atomic mass is 10.2. The molecule has 0 bridgehead atoms. The molecule has 0 unspecified atom stereocenters. The van der Waals surface area contributed by atoms with Crippen LogP contribution in [0.3, 0.4) is 0 Å². The highest BCUT2D eigenvalue weighted by Gasteiger charge is 2.36. The van der Waals surface area contributed by atoms with Gasteiger partial charge in [-0.2, -0.15) is 9.97 Å². The molecule has 3 atom stereocenters. The van der Waals surface area contributed by atoms with Crippen molar-refractivity contribution in [3.05, 3.63) is 6.33 Å². The number of aliphatic hydroxyl groups is 1. The number of ether oxygens (including phenoxy) is 1. The van der Waals surface area contributed by atoms with Crippen LogP contribution in [0.4, 0.5) is 11.8 Å².